The van der Waals surface area contributed by atoms with E-state index in [0.29, 0.717) is 12.5 Å². The summed E-state index contributed by atoms with van der Waals surface area (Å²) in [5.74, 6) is 0.545. The topological polar surface area (TPSA) is 26.9 Å². The van der Waals surface area contributed by atoms with Crippen LogP contribution in [0.15, 0.2) is 41.5 Å². The predicted molar refractivity (Wildman–Crippen MR) is 69.3 cm³/mol. The van der Waals surface area contributed by atoms with Crippen molar-refractivity contribution in [1.82, 2.24) is 9.13 Å². The standard InChI is InChI=1S/C14H18N2O/c1-11(2)13-6-4-12(5-7-13)10-16-9-8-15(3)14(16)17/h4-9,11H,10H2,1-3H3. The normalized spacial score (nSPS) is 11.1. The van der Waals surface area contributed by atoms with E-state index in [1.54, 1.807) is 22.4 Å². The number of aryl methyl sites for hydroxylation is 1. The molecule has 0 atom stereocenters. The van der Waals surface area contributed by atoms with Crippen molar-refractivity contribution >= 4 is 0 Å². The van der Waals surface area contributed by atoms with E-state index in [1.165, 1.54) is 5.56 Å². The van der Waals surface area contributed by atoms with E-state index >= 15 is 0 Å². The minimum Gasteiger partial charge on any atom is -0.302 e. The fourth-order valence-electron chi connectivity index (χ4n) is 1.84. The van der Waals surface area contributed by atoms with Crippen LogP contribution in [0.4, 0.5) is 0 Å². The Kier molecular flexibility index (Phi) is 3.18. The molecular formula is C14H18N2O. The van der Waals surface area contributed by atoms with Gasteiger partial charge in [-0.2, -0.15) is 0 Å². The SMILES string of the molecule is CC(C)c1ccc(Cn2ccn(C)c2=O)cc1. The van der Waals surface area contributed by atoms with Crippen molar-refractivity contribution in [1.29, 1.82) is 0 Å². The Morgan fingerprint density at radius 2 is 1.76 bits per heavy atom. The van der Waals surface area contributed by atoms with Gasteiger partial charge >= 0.3 is 5.69 Å². The number of aromatic nitrogens is 2. The molecule has 0 aliphatic heterocycles. The van der Waals surface area contributed by atoms with Crippen LogP contribution in [0.1, 0.15) is 30.9 Å². The minimum absolute atomic E-state index is 0.0259. The number of nitrogens with zero attached hydrogens (tertiary/aromatic N) is 2. The van der Waals surface area contributed by atoms with Gasteiger partial charge in [-0.3, -0.25) is 4.57 Å². The molecule has 0 spiro atoms. The molecule has 17 heavy (non-hydrogen) atoms. The van der Waals surface area contributed by atoms with Crippen molar-refractivity contribution in [3.63, 3.8) is 0 Å². The van der Waals surface area contributed by atoms with Gasteiger partial charge in [0.2, 0.25) is 0 Å². The monoisotopic (exact) mass is 230 g/mol. The highest BCUT2D eigenvalue weighted by Crippen LogP contribution is 2.14. The van der Waals surface area contributed by atoms with Crippen LogP contribution in [-0.2, 0) is 13.6 Å². The highest BCUT2D eigenvalue weighted by molar-refractivity contribution is 5.24. The molecule has 0 saturated heterocycles. The highest BCUT2D eigenvalue weighted by Gasteiger charge is 2.02. The Bertz CT molecular complexity index is 546. The first-order valence-electron chi connectivity index (χ1n) is 5.88. The highest BCUT2D eigenvalue weighted by atomic mass is 16.1. The first-order valence-corrected chi connectivity index (χ1v) is 5.88. The summed E-state index contributed by atoms with van der Waals surface area (Å²) in [5.41, 5.74) is 2.51. The second kappa shape index (κ2) is 4.62. The van der Waals surface area contributed by atoms with E-state index in [-0.39, 0.29) is 5.69 Å². The lowest BCUT2D eigenvalue weighted by molar-refractivity contribution is 0.717. The molecule has 2 rings (SSSR count). The second-order valence-electron chi connectivity index (χ2n) is 4.72. The molecule has 0 bridgehead atoms. The van der Waals surface area contributed by atoms with Crippen molar-refractivity contribution in [3.8, 4) is 0 Å². The second-order valence-corrected chi connectivity index (χ2v) is 4.72. The molecule has 0 unspecified atom stereocenters. The van der Waals surface area contributed by atoms with E-state index in [2.05, 4.69) is 38.1 Å². The Morgan fingerprint density at radius 1 is 1.12 bits per heavy atom. The van der Waals surface area contributed by atoms with E-state index in [9.17, 15) is 4.79 Å². The third kappa shape index (κ3) is 2.49. The molecule has 3 heteroatoms. The van der Waals surface area contributed by atoms with Gasteiger partial charge in [0.05, 0.1) is 6.54 Å². The minimum atomic E-state index is 0.0259. The molecule has 0 saturated carbocycles. The van der Waals surface area contributed by atoms with Crippen LogP contribution in [0.5, 0.6) is 0 Å². The smallest absolute Gasteiger partial charge is 0.302 e. The Morgan fingerprint density at radius 3 is 2.24 bits per heavy atom. The van der Waals surface area contributed by atoms with Gasteiger partial charge in [0.15, 0.2) is 0 Å². The van der Waals surface area contributed by atoms with Crippen LogP contribution < -0.4 is 5.69 Å². The van der Waals surface area contributed by atoms with Gasteiger partial charge in [-0.25, -0.2) is 4.79 Å². The lowest BCUT2D eigenvalue weighted by Crippen LogP contribution is -2.22. The average Bonchev–Trinajstić information content (AvgIpc) is 2.62. The zero-order chi connectivity index (χ0) is 12.4. The molecule has 1 aromatic heterocycles. The molecule has 1 aromatic carbocycles. The van der Waals surface area contributed by atoms with Gasteiger partial charge in [-0.05, 0) is 17.0 Å². The van der Waals surface area contributed by atoms with Crippen molar-refractivity contribution in [2.75, 3.05) is 0 Å². The van der Waals surface area contributed by atoms with E-state index in [1.807, 2.05) is 6.20 Å². The molecule has 2 aromatic rings. The van der Waals surface area contributed by atoms with Crippen LogP contribution in [0.2, 0.25) is 0 Å². The maximum atomic E-state index is 11.7. The molecule has 3 nitrogen and oxygen atoms in total. The summed E-state index contributed by atoms with van der Waals surface area (Å²) < 4.78 is 3.30. The molecule has 90 valence electrons. The van der Waals surface area contributed by atoms with Crippen molar-refractivity contribution < 1.29 is 0 Å². The number of rotatable bonds is 3. The Labute approximate surface area is 101 Å². The average molecular weight is 230 g/mol. The quantitative estimate of drug-likeness (QED) is 0.795. The molecule has 1 heterocycles. The Hall–Kier alpha value is -1.77. The summed E-state index contributed by atoms with van der Waals surface area (Å²) >= 11 is 0. The van der Waals surface area contributed by atoms with Crippen LogP contribution >= 0.6 is 0 Å². The third-order valence-electron chi connectivity index (χ3n) is 3.02. The third-order valence-corrected chi connectivity index (χ3v) is 3.02. The number of hydrogen-bond acceptors (Lipinski definition) is 1. The van der Waals surface area contributed by atoms with Crippen molar-refractivity contribution in [2.45, 2.75) is 26.3 Å². The van der Waals surface area contributed by atoms with Gasteiger partial charge < -0.3 is 4.57 Å². The van der Waals surface area contributed by atoms with Crippen LogP contribution in [0, 0.1) is 0 Å². The fourth-order valence-corrected chi connectivity index (χ4v) is 1.84. The molecule has 0 amide bonds. The Balaban J connectivity index is 2.19. The van der Waals surface area contributed by atoms with Gasteiger partial charge in [-0.1, -0.05) is 38.1 Å². The summed E-state index contributed by atoms with van der Waals surface area (Å²) in [7, 11) is 1.76. The molecule has 0 aliphatic carbocycles. The number of benzene rings is 1. The van der Waals surface area contributed by atoms with Crippen LogP contribution in [0.25, 0.3) is 0 Å². The number of hydrogen-bond donors (Lipinski definition) is 0. The van der Waals surface area contributed by atoms with Gasteiger partial charge in [0.25, 0.3) is 0 Å². The summed E-state index contributed by atoms with van der Waals surface area (Å²) in [5, 5.41) is 0. The molecule has 0 fully saturated rings. The summed E-state index contributed by atoms with van der Waals surface area (Å²) in [6.07, 6.45) is 3.60. The first kappa shape index (κ1) is 11.7. The molecule has 0 N–H and O–H groups in total. The first-order chi connectivity index (χ1) is 8.08. The maximum absolute atomic E-state index is 11.7. The van der Waals surface area contributed by atoms with Crippen molar-refractivity contribution in [2.24, 2.45) is 7.05 Å². The van der Waals surface area contributed by atoms with Crippen molar-refractivity contribution in [3.05, 3.63) is 58.3 Å². The predicted octanol–water partition coefficient (Wildman–Crippen LogP) is 2.36. The van der Waals surface area contributed by atoms with Gasteiger partial charge in [0.1, 0.15) is 0 Å². The van der Waals surface area contributed by atoms with E-state index < -0.39 is 0 Å². The fraction of sp³-hybridized carbons (Fsp3) is 0.357. The molecule has 0 aliphatic rings. The lowest BCUT2D eigenvalue weighted by Gasteiger charge is -2.07. The van der Waals surface area contributed by atoms with Crippen LogP contribution in [0.3, 0.4) is 0 Å². The zero-order valence-corrected chi connectivity index (χ0v) is 10.6. The lowest BCUT2D eigenvalue weighted by atomic mass is 10.0. The maximum Gasteiger partial charge on any atom is 0.328 e. The van der Waals surface area contributed by atoms with E-state index in [0.717, 1.165) is 5.56 Å². The summed E-state index contributed by atoms with van der Waals surface area (Å²) in [6.45, 7) is 4.99. The largest absolute Gasteiger partial charge is 0.328 e. The molecule has 0 radical (unpaired) electrons. The van der Waals surface area contributed by atoms with Gasteiger partial charge in [-0.15, -0.1) is 0 Å². The van der Waals surface area contributed by atoms with Gasteiger partial charge in [0, 0.05) is 19.4 Å². The summed E-state index contributed by atoms with van der Waals surface area (Å²) in [6, 6.07) is 8.45. The number of imidazole rings is 1. The van der Waals surface area contributed by atoms with E-state index in [4.69, 9.17) is 0 Å². The summed E-state index contributed by atoms with van der Waals surface area (Å²) in [4.78, 5) is 11.7. The molecular weight excluding hydrogens is 212 g/mol. The zero-order valence-electron chi connectivity index (χ0n) is 10.6. The van der Waals surface area contributed by atoms with Crippen LogP contribution in [-0.4, -0.2) is 9.13 Å².